The average Bonchev–Trinajstić information content (AvgIpc) is 3.17. The molecule has 2 N–H and O–H groups in total. The van der Waals surface area contributed by atoms with Crippen molar-refractivity contribution in [1.82, 2.24) is 19.5 Å². The van der Waals surface area contributed by atoms with Crippen molar-refractivity contribution in [1.29, 1.82) is 0 Å². The largest absolute Gasteiger partial charge is 0.334 e. The molecule has 1 fully saturated rings. The maximum Gasteiger partial charge on any atom is 0.270 e. The van der Waals surface area contributed by atoms with Crippen molar-refractivity contribution in [3.63, 3.8) is 0 Å². The summed E-state index contributed by atoms with van der Waals surface area (Å²) in [7, 11) is 0. The van der Waals surface area contributed by atoms with Gasteiger partial charge in [0.15, 0.2) is 5.82 Å². The Morgan fingerprint density at radius 2 is 2.13 bits per heavy atom. The molecule has 0 unspecified atom stereocenters. The molecular weight excluding hydrogens is 294 g/mol. The molecule has 3 aromatic rings. The smallest absolute Gasteiger partial charge is 0.270 e. The van der Waals surface area contributed by atoms with Crippen molar-refractivity contribution in [2.75, 3.05) is 0 Å². The molecule has 0 bridgehead atoms. The highest BCUT2D eigenvalue weighted by atomic mass is 16.5. The van der Waals surface area contributed by atoms with Crippen LogP contribution in [-0.2, 0) is 5.54 Å². The van der Waals surface area contributed by atoms with E-state index in [2.05, 4.69) is 15.1 Å². The van der Waals surface area contributed by atoms with Crippen LogP contribution in [0.4, 0.5) is 0 Å². The Balaban J connectivity index is 1.81. The zero-order chi connectivity index (χ0) is 16.0. The van der Waals surface area contributed by atoms with E-state index in [0.717, 1.165) is 31.2 Å². The second-order valence-electron chi connectivity index (χ2n) is 6.20. The molecule has 0 amide bonds. The normalized spacial score (nSPS) is 17.0. The van der Waals surface area contributed by atoms with E-state index in [1.165, 1.54) is 10.6 Å². The lowest BCUT2D eigenvalue weighted by atomic mass is 9.99. The fourth-order valence-electron chi connectivity index (χ4n) is 3.09. The van der Waals surface area contributed by atoms with Gasteiger partial charge >= 0.3 is 0 Å². The number of nitrogens with zero attached hydrogens (tertiary/aromatic N) is 4. The number of aryl methyl sites for hydroxylation is 1. The first kappa shape index (κ1) is 14.1. The number of pyridine rings is 1. The highest BCUT2D eigenvalue weighted by molar-refractivity contribution is 5.53. The second-order valence-corrected chi connectivity index (χ2v) is 6.20. The van der Waals surface area contributed by atoms with Crippen molar-refractivity contribution in [3.05, 3.63) is 46.3 Å². The molecule has 0 radical (unpaired) electrons. The first-order valence-electron chi connectivity index (χ1n) is 7.68. The topological polar surface area (TPSA) is 99.3 Å². The van der Waals surface area contributed by atoms with Crippen LogP contribution in [0.5, 0.6) is 0 Å². The number of aromatic nitrogens is 4. The van der Waals surface area contributed by atoms with Crippen molar-refractivity contribution in [3.8, 4) is 11.5 Å². The average molecular weight is 311 g/mol. The van der Waals surface area contributed by atoms with E-state index in [4.69, 9.17) is 10.3 Å². The molecule has 1 aliphatic carbocycles. The maximum atomic E-state index is 12.6. The van der Waals surface area contributed by atoms with Crippen LogP contribution in [0.25, 0.3) is 17.1 Å². The predicted molar refractivity (Wildman–Crippen MR) is 83.8 cm³/mol. The molecule has 118 valence electrons. The monoisotopic (exact) mass is 311 g/mol. The summed E-state index contributed by atoms with van der Waals surface area (Å²) in [5.74, 6) is 0.641. The Labute approximate surface area is 132 Å². The summed E-state index contributed by atoms with van der Waals surface area (Å²) in [6.45, 7) is 1.95. The van der Waals surface area contributed by atoms with Gasteiger partial charge < -0.3 is 10.3 Å². The molecule has 7 heteroatoms. The van der Waals surface area contributed by atoms with Gasteiger partial charge in [-0.2, -0.15) is 4.98 Å². The van der Waals surface area contributed by atoms with Crippen LogP contribution in [0.1, 0.15) is 37.1 Å². The Morgan fingerprint density at radius 3 is 2.91 bits per heavy atom. The minimum Gasteiger partial charge on any atom is -0.334 e. The third-order valence-corrected chi connectivity index (χ3v) is 4.46. The molecule has 0 atom stereocenters. The lowest BCUT2D eigenvalue weighted by Gasteiger charge is -2.17. The van der Waals surface area contributed by atoms with E-state index in [-0.39, 0.29) is 17.0 Å². The van der Waals surface area contributed by atoms with Gasteiger partial charge in [0.05, 0.1) is 5.54 Å². The fraction of sp³-hybridized carbons (Fsp3) is 0.375. The number of nitrogens with two attached hydrogens (primary N) is 1. The second kappa shape index (κ2) is 4.99. The highest BCUT2D eigenvalue weighted by Crippen LogP contribution is 2.35. The van der Waals surface area contributed by atoms with Gasteiger partial charge in [-0.1, -0.05) is 18.0 Å². The van der Waals surface area contributed by atoms with Gasteiger partial charge in [0.2, 0.25) is 0 Å². The first-order chi connectivity index (χ1) is 11.1. The number of fused-ring (bicyclic) bond motifs is 1. The van der Waals surface area contributed by atoms with Gasteiger partial charge in [-0.05, 0) is 37.5 Å². The van der Waals surface area contributed by atoms with Gasteiger partial charge in [-0.15, -0.1) is 0 Å². The summed E-state index contributed by atoms with van der Waals surface area (Å²) >= 11 is 0. The van der Waals surface area contributed by atoms with Gasteiger partial charge in [0.25, 0.3) is 11.4 Å². The maximum absolute atomic E-state index is 12.6. The lowest BCUT2D eigenvalue weighted by Crippen LogP contribution is -2.34. The van der Waals surface area contributed by atoms with Gasteiger partial charge in [0.1, 0.15) is 11.2 Å². The van der Waals surface area contributed by atoms with Crippen LogP contribution in [0.3, 0.4) is 0 Å². The van der Waals surface area contributed by atoms with Crippen LogP contribution in [0.2, 0.25) is 0 Å². The Kier molecular flexibility index (Phi) is 3.05. The zero-order valence-corrected chi connectivity index (χ0v) is 12.8. The Bertz CT molecular complexity index is 937. The van der Waals surface area contributed by atoms with E-state index < -0.39 is 5.54 Å². The van der Waals surface area contributed by atoms with Gasteiger partial charge in [-0.25, -0.2) is 4.98 Å². The van der Waals surface area contributed by atoms with Crippen LogP contribution < -0.4 is 11.3 Å². The van der Waals surface area contributed by atoms with Crippen LogP contribution in [0.15, 0.2) is 33.8 Å². The number of rotatable bonds is 2. The van der Waals surface area contributed by atoms with Crippen LogP contribution in [0, 0.1) is 6.92 Å². The standard InChI is InChI=1S/C16H17N5O2/c1-10-4-7-21-12(8-10)18-9-11(14(21)22)13-19-15(20-23-13)16(17)5-2-3-6-16/h4,7-9H,2-3,5-6,17H2,1H3. The first-order valence-corrected chi connectivity index (χ1v) is 7.68. The summed E-state index contributed by atoms with van der Waals surface area (Å²) in [6, 6.07) is 3.70. The number of hydrogen-bond donors (Lipinski definition) is 1. The quantitative estimate of drug-likeness (QED) is 0.774. The molecular formula is C16H17N5O2. The van der Waals surface area contributed by atoms with E-state index >= 15 is 0 Å². The molecule has 1 saturated carbocycles. The summed E-state index contributed by atoms with van der Waals surface area (Å²) in [5.41, 5.74) is 7.47. The summed E-state index contributed by atoms with van der Waals surface area (Å²) in [6.07, 6.45) is 6.95. The molecule has 7 nitrogen and oxygen atoms in total. The van der Waals surface area contributed by atoms with Crippen LogP contribution in [-0.4, -0.2) is 19.5 Å². The van der Waals surface area contributed by atoms with Crippen molar-refractivity contribution >= 4 is 5.65 Å². The molecule has 0 spiro atoms. The number of hydrogen-bond acceptors (Lipinski definition) is 6. The summed E-state index contributed by atoms with van der Waals surface area (Å²) in [5, 5.41) is 3.99. The third kappa shape index (κ3) is 2.24. The lowest BCUT2D eigenvalue weighted by molar-refractivity contribution is 0.372. The zero-order valence-electron chi connectivity index (χ0n) is 12.8. The molecule has 1 aliphatic rings. The van der Waals surface area contributed by atoms with Crippen molar-refractivity contribution < 1.29 is 4.52 Å². The van der Waals surface area contributed by atoms with Gasteiger partial charge in [0, 0.05) is 12.4 Å². The summed E-state index contributed by atoms with van der Waals surface area (Å²) in [4.78, 5) is 21.3. The third-order valence-electron chi connectivity index (χ3n) is 4.46. The van der Waals surface area contributed by atoms with E-state index in [1.807, 2.05) is 19.1 Å². The summed E-state index contributed by atoms with van der Waals surface area (Å²) < 4.78 is 6.76. The highest BCUT2D eigenvalue weighted by Gasteiger charge is 2.36. The fourth-order valence-corrected chi connectivity index (χ4v) is 3.09. The van der Waals surface area contributed by atoms with E-state index in [1.54, 1.807) is 6.20 Å². The van der Waals surface area contributed by atoms with Crippen LogP contribution >= 0.6 is 0 Å². The predicted octanol–water partition coefficient (Wildman–Crippen LogP) is 1.78. The SMILES string of the molecule is Cc1ccn2c(=O)c(-c3nc(C4(N)CCCC4)no3)cnc2c1. The Morgan fingerprint density at radius 1 is 1.35 bits per heavy atom. The molecule has 3 aromatic heterocycles. The molecule has 0 aromatic carbocycles. The van der Waals surface area contributed by atoms with Gasteiger partial charge in [-0.3, -0.25) is 9.20 Å². The van der Waals surface area contributed by atoms with E-state index in [9.17, 15) is 4.79 Å². The molecule has 23 heavy (non-hydrogen) atoms. The minimum atomic E-state index is -0.542. The Hall–Kier alpha value is -2.54. The molecule has 4 rings (SSSR count). The molecule has 0 saturated heterocycles. The van der Waals surface area contributed by atoms with Crippen molar-refractivity contribution in [2.24, 2.45) is 5.73 Å². The molecule has 0 aliphatic heterocycles. The molecule has 3 heterocycles. The minimum absolute atomic E-state index is 0.171. The van der Waals surface area contributed by atoms with E-state index in [0.29, 0.717) is 11.5 Å². The van der Waals surface area contributed by atoms with Crippen molar-refractivity contribution in [2.45, 2.75) is 38.1 Å².